The third-order valence-corrected chi connectivity index (χ3v) is 5.03. The van der Waals surface area contributed by atoms with E-state index < -0.39 is 11.8 Å². The van der Waals surface area contributed by atoms with Gasteiger partial charge in [-0.15, -0.1) is 0 Å². The molecule has 1 aliphatic carbocycles. The van der Waals surface area contributed by atoms with Crippen molar-refractivity contribution < 1.29 is 18.7 Å². The highest BCUT2D eigenvalue weighted by Gasteiger charge is 2.24. The molecule has 0 spiro atoms. The maximum atomic E-state index is 14.1. The zero-order chi connectivity index (χ0) is 18.7. The van der Waals surface area contributed by atoms with Crippen LogP contribution in [0.2, 0.25) is 0 Å². The summed E-state index contributed by atoms with van der Waals surface area (Å²) in [4.78, 5) is 25.9. The summed E-state index contributed by atoms with van der Waals surface area (Å²) in [5.74, 6) is -1.32. The lowest BCUT2D eigenvalue weighted by molar-refractivity contribution is 0.0595. The van der Waals surface area contributed by atoms with Crippen molar-refractivity contribution in [3.63, 3.8) is 0 Å². The smallest absolute Gasteiger partial charge is 0.340 e. The van der Waals surface area contributed by atoms with Crippen LogP contribution in [0.4, 0.5) is 4.39 Å². The molecule has 5 heteroatoms. The van der Waals surface area contributed by atoms with Crippen LogP contribution < -0.4 is 0 Å². The van der Waals surface area contributed by atoms with Crippen molar-refractivity contribution in [2.75, 3.05) is 14.2 Å². The van der Waals surface area contributed by atoms with Crippen LogP contribution in [0.5, 0.6) is 0 Å². The monoisotopic (exact) mass is 355 g/mol. The van der Waals surface area contributed by atoms with Gasteiger partial charge >= 0.3 is 5.97 Å². The minimum atomic E-state index is -0.704. The summed E-state index contributed by atoms with van der Waals surface area (Å²) in [6.07, 6.45) is 4.47. The topological polar surface area (TPSA) is 46.6 Å². The molecule has 1 amide bonds. The van der Waals surface area contributed by atoms with Crippen LogP contribution in [0.1, 0.15) is 46.4 Å². The van der Waals surface area contributed by atoms with Gasteiger partial charge in [0.1, 0.15) is 5.82 Å². The van der Waals surface area contributed by atoms with Crippen LogP contribution in [-0.2, 0) is 4.74 Å². The van der Waals surface area contributed by atoms with Crippen molar-refractivity contribution in [2.45, 2.75) is 31.7 Å². The maximum absolute atomic E-state index is 14.1. The van der Waals surface area contributed by atoms with E-state index in [1.807, 2.05) is 11.9 Å². The van der Waals surface area contributed by atoms with Crippen LogP contribution in [0.3, 0.4) is 0 Å². The number of esters is 1. The molecule has 4 nitrogen and oxygen atoms in total. The summed E-state index contributed by atoms with van der Waals surface area (Å²) >= 11 is 0. The molecule has 0 unspecified atom stereocenters. The van der Waals surface area contributed by atoms with E-state index in [0.29, 0.717) is 17.2 Å². The van der Waals surface area contributed by atoms with Crippen LogP contribution >= 0.6 is 0 Å². The Morgan fingerprint density at radius 1 is 1.04 bits per heavy atom. The Morgan fingerprint density at radius 2 is 1.65 bits per heavy atom. The molecule has 26 heavy (non-hydrogen) atoms. The third-order valence-electron chi connectivity index (χ3n) is 5.03. The molecule has 0 aromatic heterocycles. The van der Waals surface area contributed by atoms with Crippen molar-refractivity contribution in [3.8, 4) is 11.1 Å². The molecule has 2 aromatic carbocycles. The van der Waals surface area contributed by atoms with Gasteiger partial charge in [0.2, 0.25) is 0 Å². The number of ether oxygens (including phenoxy) is 1. The van der Waals surface area contributed by atoms with E-state index in [1.54, 1.807) is 30.3 Å². The molecule has 2 aromatic rings. The number of amides is 1. The van der Waals surface area contributed by atoms with Gasteiger partial charge in [-0.05, 0) is 48.2 Å². The minimum absolute atomic E-state index is 0.00988. The Balaban J connectivity index is 1.78. The van der Waals surface area contributed by atoms with E-state index in [2.05, 4.69) is 4.74 Å². The van der Waals surface area contributed by atoms with E-state index in [9.17, 15) is 14.0 Å². The summed E-state index contributed by atoms with van der Waals surface area (Å²) in [5, 5.41) is 0. The first-order chi connectivity index (χ1) is 12.5. The van der Waals surface area contributed by atoms with Crippen LogP contribution in [0, 0.1) is 5.82 Å². The Morgan fingerprint density at radius 3 is 2.23 bits per heavy atom. The molecule has 0 atom stereocenters. The number of benzene rings is 2. The quantitative estimate of drug-likeness (QED) is 0.769. The van der Waals surface area contributed by atoms with Crippen molar-refractivity contribution >= 4 is 11.9 Å². The predicted molar refractivity (Wildman–Crippen MR) is 97.5 cm³/mol. The lowest BCUT2D eigenvalue weighted by atomic mass is 10.0. The number of hydrogen-bond donors (Lipinski definition) is 0. The fourth-order valence-electron chi connectivity index (χ4n) is 3.44. The third kappa shape index (κ3) is 3.62. The maximum Gasteiger partial charge on any atom is 0.340 e. The van der Waals surface area contributed by atoms with Gasteiger partial charge in [0, 0.05) is 18.7 Å². The minimum Gasteiger partial charge on any atom is -0.465 e. The number of carbonyl (C=O) groups is 2. The molecule has 0 aliphatic heterocycles. The fraction of sp³-hybridized carbons (Fsp3) is 0.333. The zero-order valence-corrected chi connectivity index (χ0v) is 15.0. The van der Waals surface area contributed by atoms with Crippen LogP contribution in [0.25, 0.3) is 11.1 Å². The standard InChI is InChI=1S/C21H22FNO3/c1-23(17-5-3-4-6-17)20(24)15-9-7-14(8-10-15)16-11-12-18(19(22)13-16)21(25)26-2/h7-13,17H,3-6H2,1-2H3. The molecule has 0 N–H and O–H groups in total. The van der Waals surface area contributed by atoms with Gasteiger partial charge in [0.25, 0.3) is 5.91 Å². The highest BCUT2D eigenvalue weighted by Crippen LogP contribution is 2.26. The Labute approximate surface area is 152 Å². The number of carbonyl (C=O) groups excluding carboxylic acids is 2. The fourth-order valence-corrected chi connectivity index (χ4v) is 3.44. The molecule has 1 saturated carbocycles. The average Bonchev–Trinajstić information content (AvgIpc) is 3.21. The van der Waals surface area contributed by atoms with E-state index in [-0.39, 0.29) is 11.5 Å². The molecule has 1 aliphatic rings. The van der Waals surface area contributed by atoms with E-state index in [4.69, 9.17) is 0 Å². The first-order valence-corrected chi connectivity index (χ1v) is 8.76. The number of nitrogens with zero attached hydrogens (tertiary/aromatic N) is 1. The van der Waals surface area contributed by atoms with E-state index in [1.165, 1.54) is 32.1 Å². The summed E-state index contributed by atoms with van der Waals surface area (Å²) in [6.45, 7) is 0. The van der Waals surface area contributed by atoms with Crippen LogP contribution in [0.15, 0.2) is 42.5 Å². The highest BCUT2D eigenvalue weighted by atomic mass is 19.1. The summed E-state index contributed by atoms with van der Waals surface area (Å²) in [5.41, 5.74) is 1.94. The van der Waals surface area contributed by atoms with Gasteiger partial charge in [-0.1, -0.05) is 31.0 Å². The van der Waals surface area contributed by atoms with Crippen molar-refractivity contribution in [3.05, 3.63) is 59.4 Å². The van der Waals surface area contributed by atoms with Gasteiger partial charge in [-0.25, -0.2) is 9.18 Å². The van der Waals surface area contributed by atoms with Gasteiger partial charge in [-0.2, -0.15) is 0 Å². The molecular formula is C21H22FNO3. The molecule has 136 valence electrons. The predicted octanol–water partition coefficient (Wildman–Crippen LogP) is 4.29. The average molecular weight is 355 g/mol. The highest BCUT2D eigenvalue weighted by molar-refractivity contribution is 5.95. The SMILES string of the molecule is COC(=O)c1ccc(-c2ccc(C(=O)N(C)C3CCCC3)cc2)cc1F. The molecule has 0 bridgehead atoms. The lowest BCUT2D eigenvalue weighted by Crippen LogP contribution is -2.35. The number of rotatable bonds is 4. The van der Waals surface area contributed by atoms with Crippen LogP contribution in [-0.4, -0.2) is 37.0 Å². The summed E-state index contributed by atoms with van der Waals surface area (Å²) in [6, 6.07) is 11.8. The van der Waals surface area contributed by atoms with E-state index in [0.717, 1.165) is 18.4 Å². The van der Waals surface area contributed by atoms with Crippen molar-refractivity contribution in [2.24, 2.45) is 0 Å². The first-order valence-electron chi connectivity index (χ1n) is 8.76. The molecule has 0 saturated heterocycles. The molecular weight excluding hydrogens is 333 g/mol. The number of halogens is 1. The normalized spacial score (nSPS) is 14.3. The molecule has 3 rings (SSSR count). The number of methoxy groups -OCH3 is 1. The largest absolute Gasteiger partial charge is 0.465 e. The second-order valence-corrected chi connectivity index (χ2v) is 6.62. The van der Waals surface area contributed by atoms with Gasteiger partial charge in [0.15, 0.2) is 0 Å². The molecule has 0 heterocycles. The lowest BCUT2D eigenvalue weighted by Gasteiger charge is -2.24. The first kappa shape index (κ1) is 18.1. The van der Waals surface area contributed by atoms with Crippen molar-refractivity contribution in [1.82, 2.24) is 4.90 Å². The molecule has 0 radical (unpaired) electrons. The summed E-state index contributed by atoms with van der Waals surface area (Å²) < 4.78 is 18.6. The second kappa shape index (κ2) is 7.68. The second-order valence-electron chi connectivity index (χ2n) is 6.62. The van der Waals surface area contributed by atoms with Crippen molar-refractivity contribution in [1.29, 1.82) is 0 Å². The van der Waals surface area contributed by atoms with Gasteiger partial charge in [-0.3, -0.25) is 4.79 Å². The Kier molecular flexibility index (Phi) is 5.35. The zero-order valence-electron chi connectivity index (χ0n) is 15.0. The molecule has 1 fully saturated rings. The van der Waals surface area contributed by atoms with Gasteiger partial charge < -0.3 is 9.64 Å². The van der Waals surface area contributed by atoms with E-state index >= 15 is 0 Å². The summed E-state index contributed by atoms with van der Waals surface area (Å²) in [7, 11) is 3.07. The Bertz CT molecular complexity index is 811. The van der Waals surface area contributed by atoms with Gasteiger partial charge in [0.05, 0.1) is 12.7 Å². The number of hydrogen-bond acceptors (Lipinski definition) is 3. The Hall–Kier alpha value is -2.69.